The highest BCUT2D eigenvalue weighted by Gasteiger charge is 2.73. The Morgan fingerprint density at radius 1 is 1.14 bits per heavy atom. The van der Waals surface area contributed by atoms with Gasteiger partial charge in [-0.1, -0.05) is 13.8 Å². The minimum absolute atomic E-state index is 0.393. The van der Waals surface area contributed by atoms with Crippen LogP contribution in [0.4, 0.5) is 0 Å². The molecule has 0 saturated heterocycles. The van der Waals surface area contributed by atoms with Crippen LogP contribution >= 0.6 is 0 Å². The van der Waals surface area contributed by atoms with Crippen molar-refractivity contribution in [1.82, 2.24) is 0 Å². The van der Waals surface area contributed by atoms with Gasteiger partial charge in [-0.3, -0.25) is 9.59 Å². The standard InChI is InChI=1S/C10H14O4/c1-9(2)4-5(9)7(12)10(3,14)8(13)6(4)11/h4-5,8,13-14H,1-3H3. The van der Waals surface area contributed by atoms with Gasteiger partial charge >= 0.3 is 0 Å². The van der Waals surface area contributed by atoms with E-state index in [0.29, 0.717) is 0 Å². The highest BCUT2D eigenvalue weighted by atomic mass is 16.4. The molecule has 2 saturated carbocycles. The van der Waals surface area contributed by atoms with Crippen molar-refractivity contribution < 1.29 is 19.8 Å². The van der Waals surface area contributed by atoms with Gasteiger partial charge in [0.15, 0.2) is 17.2 Å². The van der Waals surface area contributed by atoms with E-state index in [4.69, 9.17) is 0 Å². The van der Waals surface area contributed by atoms with Gasteiger partial charge in [-0.2, -0.15) is 0 Å². The van der Waals surface area contributed by atoms with Crippen molar-refractivity contribution in [2.45, 2.75) is 32.5 Å². The molecule has 0 radical (unpaired) electrons. The van der Waals surface area contributed by atoms with Gasteiger partial charge in [-0.15, -0.1) is 0 Å². The summed E-state index contributed by atoms with van der Waals surface area (Å²) in [7, 11) is 0. The first-order chi connectivity index (χ1) is 6.22. The fourth-order valence-corrected chi connectivity index (χ4v) is 2.55. The van der Waals surface area contributed by atoms with Gasteiger partial charge in [0.05, 0.1) is 0 Å². The molecule has 4 unspecified atom stereocenters. The first kappa shape index (κ1) is 9.80. The second kappa shape index (κ2) is 2.25. The molecule has 2 aliphatic rings. The van der Waals surface area contributed by atoms with E-state index < -0.39 is 40.5 Å². The molecule has 0 aromatic rings. The number of aliphatic hydroxyl groups excluding tert-OH is 1. The summed E-state index contributed by atoms with van der Waals surface area (Å²) in [6.07, 6.45) is -1.56. The Kier molecular flexibility index (Phi) is 1.58. The van der Waals surface area contributed by atoms with E-state index in [2.05, 4.69) is 0 Å². The van der Waals surface area contributed by atoms with Crippen molar-refractivity contribution in [2.75, 3.05) is 0 Å². The van der Waals surface area contributed by atoms with E-state index in [1.165, 1.54) is 6.92 Å². The van der Waals surface area contributed by atoms with Gasteiger partial charge in [-0.05, 0) is 12.3 Å². The Balaban J connectivity index is 2.43. The maximum Gasteiger partial charge on any atom is 0.171 e. The summed E-state index contributed by atoms with van der Waals surface area (Å²) < 4.78 is 0. The zero-order valence-electron chi connectivity index (χ0n) is 8.44. The Morgan fingerprint density at radius 2 is 1.64 bits per heavy atom. The summed E-state index contributed by atoms with van der Waals surface area (Å²) in [5.74, 6) is -1.61. The van der Waals surface area contributed by atoms with Crippen molar-refractivity contribution in [3.8, 4) is 0 Å². The van der Waals surface area contributed by atoms with Crippen LogP contribution in [-0.2, 0) is 9.59 Å². The molecule has 0 aromatic heterocycles. The van der Waals surface area contributed by atoms with Crippen LogP contribution in [0, 0.1) is 17.3 Å². The normalized spacial score (nSPS) is 50.2. The number of aliphatic hydroxyl groups is 2. The number of hydrogen-bond donors (Lipinski definition) is 2. The van der Waals surface area contributed by atoms with Crippen LogP contribution in [0.2, 0.25) is 0 Å². The van der Waals surface area contributed by atoms with E-state index in [9.17, 15) is 19.8 Å². The predicted molar refractivity (Wildman–Crippen MR) is 47.4 cm³/mol. The minimum Gasteiger partial charge on any atom is -0.382 e. The fraction of sp³-hybridized carbons (Fsp3) is 0.800. The molecule has 0 heterocycles. The number of carbonyl (C=O) groups excluding carboxylic acids is 2. The SMILES string of the molecule is CC1(O)C(=O)C2C(C(=O)C1O)C2(C)C. The summed E-state index contributed by atoms with van der Waals surface area (Å²) in [5.41, 5.74) is -2.29. The number of carbonyl (C=O) groups is 2. The molecule has 2 N–H and O–H groups in total. The Morgan fingerprint density at radius 3 is 2.14 bits per heavy atom. The van der Waals surface area contributed by atoms with Gasteiger partial charge in [0.1, 0.15) is 6.10 Å². The number of Topliss-reactive ketones (excluding diaryl/α,β-unsaturated/α-hetero) is 2. The Bertz CT molecular complexity index is 325. The summed E-state index contributed by atoms with van der Waals surface area (Å²) in [6, 6.07) is 0. The van der Waals surface area contributed by atoms with Gasteiger partial charge in [0, 0.05) is 11.8 Å². The molecule has 0 spiro atoms. The van der Waals surface area contributed by atoms with E-state index in [0.717, 1.165) is 0 Å². The number of hydrogen-bond acceptors (Lipinski definition) is 4. The minimum atomic E-state index is -1.90. The average molecular weight is 198 g/mol. The number of rotatable bonds is 0. The van der Waals surface area contributed by atoms with Gasteiger partial charge in [0.2, 0.25) is 0 Å². The second-order valence-electron chi connectivity index (χ2n) is 5.09. The third-order valence-corrected chi connectivity index (χ3v) is 3.72. The molecular weight excluding hydrogens is 184 g/mol. The summed E-state index contributed by atoms with van der Waals surface area (Å²) >= 11 is 0. The number of ketones is 2. The average Bonchev–Trinajstić information content (AvgIpc) is 2.63. The highest BCUT2D eigenvalue weighted by Crippen LogP contribution is 2.63. The maximum atomic E-state index is 11.7. The fourth-order valence-electron chi connectivity index (χ4n) is 2.55. The first-order valence-electron chi connectivity index (χ1n) is 4.71. The molecule has 0 aromatic carbocycles. The number of fused-ring (bicyclic) bond motifs is 1. The van der Waals surface area contributed by atoms with Gasteiger partial charge in [0.25, 0.3) is 0 Å². The second-order valence-corrected chi connectivity index (χ2v) is 5.09. The molecule has 2 aliphatic carbocycles. The molecule has 0 aliphatic heterocycles. The van der Waals surface area contributed by atoms with Crippen LogP contribution in [0.25, 0.3) is 0 Å². The topological polar surface area (TPSA) is 74.6 Å². The zero-order valence-corrected chi connectivity index (χ0v) is 8.44. The lowest BCUT2D eigenvalue weighted by Gasteiger charge is -2.29. The van der Waals surface area contributed by atoms with Crippen molar-refractivity contribution >= 4 is 11.6 Å². The molecular formula is C10H14O4. The molecule has 2 fully saturated rings. The van der Waals surface area contributed by atoms with Crippen LogP contribution in [0.5, 0.6) is 0 Å². The summed E-state index contributed by atoms with van der Waals surface area (Å²) in [5, 5.41) is 19.2. The van der Waals surface area contributed by atoms with Crippen LogP contribution in [-0.4, -0.2) is 33.5 Å². The van der Waals surface area contributed by atoms with Crippen molar-refractivity contribution in [2.24, 2.45) is 17.3 Å². The van der Waals surface area contributed by atoms with Crippen molar-refractivity contribution in [1.29, 1.82) is 0 Å². The third-order valence-electron chi connectivity index (χ3n) is 3.72. The van der Waals surface area contributed by atoms with Crippen LogP contribution in [0.3, 0.4) is 0 Å². The van der Waals surface area contributed by atoms with Crippen molar-refractivity contribution in [3.63, 3.8) is 0 Å². The monoisotopic (exact) mass is 198 g/mol. The molecule has 0 bridgehead atoms. The summed E-state index contributed by atoms with van der Waals surface area (Å²) in [6.45, 7) is 4.83. The van der Waals surface area contributed by atoms with Crippen LogP contribution in [0.15, 0.2) is 0 Å². The molecule has 14 heavy (non-hydrogen) atoms. The third kappa shape index (κ3) is 0.854. The van der Waals surface area contributed by atoms with Gasteiger partial charge < -0.3 is 10.2 Å². The highest BCUT2D eigenvalue weighted by molar-refractivity contribution is 6.09. The van der Waals surface area contributed by atoms with Crippen LogP contribution in [0.1, 0.15) is 20.8 Å². The molecule has 4 atom stereocenters. The Labute approximate surface area is 81.9 Å². The Hall–Kier alpha value is -0.740. The summed E-state index contributed by atoms with van der Waals surface area (Å²) in [4.78, 5) is 23.3. The lowest BCUT2D eigenvalue weighted by molar-refractivity contribution is -0.163. The lowest BCUT2D eigenvalue weighted by atomic mass is 9.82. The smallest absolute Gasteiger partial charge is 0.171 e. The largest absolute Gasteiger partial charge is 0.382 e. The quantitative estimate of drug-likeness (QED) is 0.551. The van der Waals surface area contributed by atoms with Crippen LogP contribution < -0.4 is 0 Å². The molecule has 0 amide bonds. The predicted octanol–water partition coefficient (Wildman–Crippen LogP) is -0.478. The zero-order chi connectivity index (χ0) is 10.9. The van der Waals surface area contributed by atoms with E-state index >= 15 is 0 Å². The molecule has 4 heteroatoms. The van der Waals surface area contributed by atoms with E-state index in [1.807, 2.05) is 13.8 Å². The maximum absolute atomic E-state index is 11.7. The molecule has 78 valence electrons. The van der Waals surface area contributed by atoms with Crippen molar-refractivity contribution in [3.05, 3.63) is 0 Å². The lowest BCUT2D eigenvalue weighted by Crippen LogP contribution is -2.55. The van der Waals surface area contributed by atoms with E-state index in [1.54, 1.807) is 0 Å². The molecule has 2 rings (SSSR count). The molecule has 4 nitrogen and oxygen atoms in total. The first-order valence-corrected chi connectivity index (χ1v) is 4.71. The van der Waals surface area contributed by atoms with Gasteiger partial charge in [-0.25, -0.2) is 0 Å². The van der Waals surface area contributed by atoms with E-state index in [-0.39, 0.29) is 0 Å².